The van der Waals surface area contributed by atoms with E-state index >= 15 is 0 Å². The summed E-state index contributed by atoms with van der Waals surface area (Å²) in [7, 11) is 0. The molecule has 0 aliphatic carbocycles. The molecule has 1 aliphatic rings. The van der Waals surface area contributed by atoms with Crippen molar-refractivity contribution in [3.8, 4) is 11.1 Å². The van der Waals surface area contributed by atoms with Gasteiger partial charge in [-0.25, -0.2) is 4.79 Å². The summed E-state index contributed by atoms with van der Waals surface area (Å²) in [4.78, 5) is 18.6. The zero-order valence-electron chi connectivity index (χ0n) is 14.1. The minimum Gasteiger partial charge on any atom is -0.316 e. The van der Waals surface area contributed by atoms with E-state index in [0.717, 1.165) is 22.4 Å². The Kier molecular flexibility index (Phi) is 3.94. The molecule has 0 saturated carbocycles. The van der Waals surface area contributed by atoms with Crippen molar-refractivity contribution in [1.29, 1.82) is 0 Å². The SMILES string of the molecule is Cc1ccc(-c2ccncc2)cc1NC(=O)N1Cc2ccccc2C1. The molecule has 2 aromatic carbocycles. The zero-order valence-corrected chi connectivity index (χ0v) is 14.1. The lowest BCUT2D eigenvalue weighted by atomic mass is 10.0. The first-order valence-corrected chi connectivity index (χ1v) is 8.34. The van der Waals surface area contributed by atoms with E-state index in [4.69, 9.17) is 0 Å². The van der Waals surface area contributed by atoms with Crippen LogP contribution >= 0.6 is 0 Å². The van der Waals surface area contributed by atoms with Gasteiger partial charge in [0.25, 0.3) is 0 Å². The number of urea groups is 1. The predicted octanol–water partition coefficient (Wildman–Crippen LogP) is 4.60. The van der Waals surface area contributed by atoms with E-state index in [0.29, 0.717) is 13.1 Å². The van der Waals surface area contributed by atoms with Gasteiger partial charge in [-0.1, -0.05) is 36.4 Å². The standard InChI is InChI=1S/C21H19N3O/c1-15-6-7-17(16-8-10-22-11-9-16)12-20(15)23-21(25)24-13-18-4-2-3-5-19(18)14-24/h2-12H,13-14H2,1H3,(H,23,25). The maximum Gasteiger partial charge on any atom is 0.322 e. The summed E-state index contributed by atoms with van der Waals surface area (Å²) < 4.78 is 0. The summed E-state index contributed by atoms with van der Waals surface area (Å²) in [6, 6.07) is 18.2. The third-order valence-electron chi connectivity index (χ3n) is 4.62. The van der Waals surface area contributed by atoms with Gasteiger partial charge in [-0.3, -0.25) is 4.98 Å². The van der Waals surface area contributed by atoms with Crippen molar-refractivity contribution >= 4 is 11.7 Å². The van der Waals surface area contributed by atoms with Crippen LogP contribution in [0, 0.1) is 6.92 Å². The second kappa shape index (κ2) is 6.40. The summed E-state index contributed by atoms with van der Waals surface area (Å²) in [6.07, 6.45) is 3.55. The van der Waals surface area contributed by atoms with Crippen molar-refractivity contribution in [3.63, 3.8) is 0 Å². The maximum absolute atomic E-state index is 12.7. The maximum atomic E-state index is 12.7. The number of hydrogen-bond donors (Lipinski definition) is 1. The molecule has 0 spiro atoms. The third kappa shape index (κ3) is 3.11. The van der Waals surface area contributed by atoms with Gasteiger partial charge in [0.15, 0.2) is 0 Å². The first-order valence-electron chi connectivity index (χ1n) is 8.34. The molecule has 0 bridgehead atoms. The van der Waals surface area contributed by atoms with E-state index in [-0.39, 0.29) is 6.03 Å². The van der Waals surface area contributed by atoms with Gasteiger partial charge < -0.3 is 10.2 Å². The lowest BCUT2D eigenvalue weighted by Crippen LogP contribution is -2.30. The average Bonchev–Trinajstić information content (AvgIpc) is 3.08. The first kappa shape index (κ1) is 15.4. The Morgan fingerprint density at radius 2 is 1.64 bits per heavy atom. The molecule has 4 heteroatoms. The fourth-order valence-electron chi connectivity index (χ4n) is 3.15. The molecule has 3 aromatic rings. The molecule has 1 N–H and O–H groups in total. The monoisotopic (exact) mass is 329 g/mol. The summed E-state index contributed by atoms with van der Waals surface area (Å²) in [5.74, 6) is 0. The van der Waals surface area contributed by atoms with Crippen LogP contribution < -0.4 is 5.32 Å². The highest BCUT2D eigenvalue weighted by Gasteiger charge is 2.23. The molecule has 25 heavy (non-hydrogen) atoms. The number of rotatable bonds is 2. The van der Waals surface area contributed by atoms with Crippen LogP contribution in [0.15, 0.2) is 67.0 Å². The van der Waals surface area contributed by atoms with Gasteiger partial charge in [0.05, 0.1) is 0 Å². The smallest absolute Gasteiger partial charge is 0.316 e. The van der Waals surface area contributed by atoms with E-state index in [9.17, 15) is 4.79 Å². The van der Waals surface area contributed by atoms with Crippen LogP contribution in [-0.4, -0.2) is 15.9 Å². The molecule has 2 amide bonds. The Bertz CT molecular complexity index is 896. The van der Waals surface area contributed by atoms with Crippen molar-refractivity contribution in [1.82, 2.24) is 9.88 Å². The summed E-state index contributed by atoms with van der Waals surface area (Å²) in [5.41, 5.74) is 6.48. The number of carbonyl (C=O) groups excluding carboxylic acids is 1. The minimum absolute atomic E-state index is 0.0637. The Morgan fingerprint density at radius 3 is 2.32 bits per heavy atom. The second-order valence-corrected chi connectivity index (χ2v) is 6.32. The van der Waals surface area contributed by atoms with Gasteiger partial charge in [0.1, 0.15) is 0 Å². The van der Waals surface area contributed by atoms with Gasteiger partial charge in [0.2, 0.25) is 0 Å². The molecule has 0 radical (unpaired) electrons. The van der Waals surface area contributed by atoms with Crippen molar-refractivity contribution in [2.75, 3.05) is 5.32 Å². The number of nitrogens with zero attached hydrogens (tertiary/aromatic N) is 2. The average molecular weight is 329 g/mol. The van der Waals surface area contributed by atoms with E-state index in [1.807, 2.05) is 48.2 Å². The van der Waals surface area contributed by atoms with Crippen LogP contribution in [0.3, 0.4) is 0 Å². The molecule has 2 heterocycles. The van der Waals surface area contributed by atoms with Crippen LogP contribution in [0.1, 0.15) is 16.7 Å². The highest BCUT2D eigenvalue weighted by atomic mass is 16.2. The molecular formula is C21H19N3O. The number of amides is 2. The zero-order chi connectivity index (χ0) is 17.2. The summed E-state index contributed by atoms with van der Waals surface area (Å²) >= 11 is 0. The number of nitrogens with one attached hydrogen (secondary N) is 1. The molecule has 0 saturated heterocycles. The molecule has 0 atom stereocenters. The number of pyridine rings is 1. The quantitative estimate of drug-likeness (QED) is 0.746. The number of hydrogen-bond acceptors (Lipinski definition) is 2. The van der Waals surface area contributed by atoms with E-state index in [1.54, 1.807) is 12.4 Å². The Morgan fingerprint density at radius 1 is 0.960 bits per heavy atom. The molecule has 4 nitrogen and oxygen atoms in total. The number of aryl methyl sites for hydroxylation is 1. The lowest BCUT2D eigenvalue weighted by molar-refractivity contribution is 0.212. The van der Waals surface area contributed by atoms with Crippen LogP contribution in [-0.2, 0) is 13.1 Å². The Labute approximate surface area is 147 Å². The topological polar surface area (TPSA) is 45.2 Å². The largest absolute Gasteiger partial charge is 0.322 e. The summed E-state index contributed by atoms with van der Waals surface area (Å²) in [6.45, 7) is 3.32. The van der Waals surface area contributed by atoms with Gasteiger partial charge in [0, 0.05) is 31.2 Å². The van der Waals surface area contributed by atoms with E-state index < -0.39 is 0 Å². The number of fused-ring (bicyclic) bond motifs is 1. The Hall–Kier alpha value is -3.14. The molecular weight excluding hydrogens is 310 g/mol. The van der Waals surface area contributed by atoms with Crippen molar-refractivity contribution < 1.29 is 4.79 Å². The van der Waals surface area contributed by atoms with Crippen LogP contribution in [0.25, 0.3) is 11.1 Å². The second-order valence-electron chi connectivity index (χ2n) is 6.32. The predicted molar refractivity (Wildman–Crippen MR) is 99.1 cm³/mol. The molecule has 124 valence electrons. The van der Waals surface area contributed by atoms with Gasteiger partial charge in [-0.2, -0.15) is 0 Å². The van der Waals surface area contributed by atoms with Gasteiger partial charge >= 0.3 is 6.03 Å². The van der Waals surface area contributed by atoms with Crippen LogP contribution in [0.5, 0.6) is 0 Å². The van der Waals surface area contributed by atoms with E-state index in [2.05, 4.69) is 28.5 Å². The summed E-state index contributed by atoms with van der Waals surface area (Å²) in [5, 5.41) is 3.07. The number of carbonyl (C=O) groups is 1. The number of aromatic nitrogens is 1. The highest BCUT2D eigenvalue weighted by Crippen LogP contribution is 2.27. The van der Waals surface area contributed by atoms with Crippen molar-refractivity contribution in [2.45, 2.75) is 20.0 Å². The number of anilines is 1. The highest BCUT2D eigenvalue weighted by molar-refractivity contribution is 5.91. The lowest BCUT2D eigenvalue weighted by Gasteiger charge is -2.18. The van der Waals surface area contributed by atoms with Crippen LogP contribution in [0.4, 0.5) is 10.5 Å². The Balaban J connectivity index is 1.54. The van der Waals surface area contributed by atoms with Crippen molar-refractivity contribution in [3.05, 3.63) is 83.7 Å². The molecule has 4 rings (SSSR count). The molecule has 1 aliphatic heterocycles. The normalized spacial score (nSPS) is 12.8. The van der Waals surface area contributed by atoms with E-state index in [1.165, 1.54) is 11.1 Å². The molecule has 0 unspecified atom stereocenters. The number of benzene rings is 2. The van der Waals surface area contributed by atoms with Gasteiger partial charge in [-0.15, -0.1) is 0 Å². The minimum atomic E-state index is -0.0637. The molecule has 0 fully saturated rings. The molecule has 1 aromatic heterocycles. The van der Waals surface area contributed by atoms with Crippen molar-refractivity contribution in [2.24, 2.45) is 0 Å². The van der Waals surface area contributed by atoms with Gasteiger partial charge in [-0.05, 0) is 52.9 Å². The fourth-order valence-corrected chi connectivity index (χ4v) is 3.15. The van der Waals surface area contributed by atoms with Crippen LogP contribution in [0.2, 0.25) is 0 Å². The first-order chi connectivity index (χ1) is 12.2. The third-order valence-corrected chi connectivity index (χ3v) is 4.62. The fraction of sp³-hybridized carbons (Fsp3) is 0.143.